The number of hydrogen-bond donors (Lipinski definition) is 3. The van der Waals surface area contributed by atoms with E-state index in [1.807, 2.05) is 30.5 Å². The first-order valence-electron chi connectivity index (χ1n) is 9.43. The molecule has 3 rings (SSSR count). The highest BCUT2D eigenvalue weighted by molar-refractivity contribution is 7.89. The van der Waals surface area contributed by atoms with Crippen LogP contribution in [0, 0.1) is 0 Å². The molecule has 1 aromatic heterocycles. The van der Waals surface area contributed by atoms with E-state index >= 15 is 0 Å². The van der Waals surface area contributed by atoms with Crippen LogP contribution in [0.1, 0.15) is 11.1 Å². The predicted molar refractivity (Wildman–Crippen MR) is 118 cm³/mol. The highest BCUT2D eigenvalue weighted by Crippen LogP contribution is 2.19. The van der Waals surface area contributed by atoms with Gasteiger partial charge in [-0.2, -0.15) is 0 Å². The lowest BCUT2D eigenvalue weighted by molar-refractivity contribution is 0.519. The molecule has 0 aliphatic rings. The first-order chi connectivity index (χ1) is 13.9. The van der Waals surface area contributed by atoms with Crippen molar-refractivity contribution in [3.63, 3.8) is 0 Å². The molecule has 0 spiro atoms. The zero-order valence-electron chi connectivity index (χ0n) is 16.9. The molecule has 0 aliphatic heterocycles. The summed E-state index contributed by atoms with van der Waals surface area (Å²) >= 11 is 0. The van der Waals surface area contributed by atoms with Crippen molar-refractivity contribution in [1.82, 2.24) is 19.9 Å². The van der Waals surface area contributed by atoms with Crippen LogP contribution >= 0.6 is 0 Å². The lowest BCUT2D eigenvalue weighted by Crippen LogP contribution is -2.38. The van der Waals surface area contributed by atoms with Crippen LogP contribution in [0.25, 0.3) is 10.9 Å². The molecule has 0 atom stereocenters. The van der Waals surface area contributed by atoms with Gasteiger partial charge in [0.15, 0.2) is 5.96 Å². The van der Waals surface area contributed by atoms with Gasteiger partial charge in [0.05, 0.1) is 4.90 Å². The van der Waals surface area contributed by atoms with Crippen LogP contribution in [0.4, 0.5) is 0 Å². The minimum absolute atomic E-state index is 0.298. The number of benzene rings is 2. The predicted octanol–water partition coefficient (Wildman–Crippen LogP) is 2.33. The fourth-order valence-electron chi connectivity index (χ4n) is 3.15. The second kappa shape index (κ2) is 9.11. The van der Waals surface area contributed by atoms with E-state index in [0.29, 0.717) is 29.5 Å². The number of rotatable bonds is 7. The topological polar surface area (TPSA) is 89.6 Å². The summed E-state index contributed by atoms with van der Waals surface area (Å²) in [4.78, 5) is 7.82. The number of H-pyrrole nitrogens is 1. The van der Waals surface area contributed by atoms with Gasteiger partial charge in [-0.3, -0.25) is 4.99 Å². The van der Waals surface area contributed by atoms with Crippen LogP contribution in [-0.4, -0.2) is 51.4 Å². The molecule has 8 heteroatoms. The van der Waals surface area contributed by atoms with Gasteiger partial charge in [-0.05, 0) is 29.7 Å². The van der Waals surface area contributed by atoms with Gasteiger partial charge in [0.25, 0.3) is 0 Å². The summed E-state index contributed by atoms with van der Waals surface area (Å²) in [5.41, 5.74) is 3.07. The molecule has 2 aromatic carbocycles. The Morgan fingerprint density at radius 1 is 1.03 bits per heavy atom. The van der Waals surface area contributed by atoms with Gasteiger partial charge in [-0.15, -0.1) is 0 Å². The van der Waals surface area contributed by atoms with Gasteiger partial charge in [0.2, 0.25) is 10.0 Å². The normalized spacial score (nSPS) is 12.5. The second-order valence-corrected chi connectivity index (χ2v) is 8.98. The van der Waals surface area contributed by atoms with E-state index in [4.69, 9.17) is 0 Å². The molecule has 0 fully saturated rings. The first kappa shape index (κ1) is 20.9. The molecular formula is C21H27N5O2S. The number of sulfonamides is 1. The number of hydrogen-bond acceptors (Lipinski definition) is 3. The second-order valence-electron chi connectivity index (χ2n) is 6.86. The van der Waals surface area contributed by atoms with Crippen LogP contribution in [0.5, 0.6) is 0 Å². The Balaban J connectivity index is 1.60. The molecule has 154 valence electrons. The van der Waals surface area contributed by atoms with E-state index < -0.39 is 10.0 Å². The Bertz CT molecular complexity index is 1100. The van der Waals surface area contributed by atoms with Crippen LogP contribution in [0.15, 0.2) is 64.6 Å². The zero-order chi connectivity index (χ0) is 20.9. The molecular weight excluding hydrogens is 386 g/mol. The van der Waals surface area contributed by atoms with Crippen LogP contribution in [0.2, 0.25) is 0 Å². The number of aliphatic imine (C=N–C) groups is 1. The van der Waals surface area contributed by atoms with Crippen molar-refractivity contribution in [2.75, 3.05) is 27.7 Å². The van der Waals surface area contributed by atoms with E-state index in [1.165, 1.54) is 29.4 Å². The average molecular weight is 414 g/mol. The lowest BCUT2D eigenvalue weighted by atomic mass is 10.1. The number of fused-ring (bicyclic) bond motifs is 1. The highest BCUT2D eigenvalue weighted by atomic mass is 32.2. The van der Waals surface area contributed by atoms with E-state index in [9.17, 15) is 8.42 Å². The SMILES string of the molecule is CN=C(NCCc1c[nH]c2ccccc12)NCc1ccccc1S(=O)(=O)N(C)C. The fourth-order valence-corrected chi connectivity index (χ4v) is 4.27. The standard InChI is InChI=1S/C21H27N5O2S/c1-22-21(23-13-12-16-14-24-19-10-6-5-9-18(16)19)25-15-17-8-4-7-11-20(17)29(27,28)26(2)3/h4-11,14,24H,12-13,15H2,1-3H3,(H2,22,23,25). The maximum atomic E-state index is 12.5. The minimum atomic E-state index is -3.50. The third kappa shape index (κ3) is 4.78. The fraction of sp³-hybridized carbons (Fsp3) is 0.286. The Hall–Kier alpha value is -2.84. The molecule has 3 aromatic rings. The van der Waals surface area contributed by atoms with Crippen LogP contribution in [-0.2, 0) is 23.0 Å². The van der Waals surface area contributed by atoms with Gasteiger partial charge < -0.3 is 15.6 Å². The molecule has 0 saturated carbocycles. The monoisotopic (exact) mass is 413 g/mol. The number of aromatic amines is 1. The summed E-state index contributed by atoms with van der Waals surface area (Å²) in [6, 6.07) is 15.2. The van der Waals surface area contributed by atoms with Crippen molar-refractivity contribution >= 4 is 26.9 Å². The van der Waals surface area contributed by atoms with E-state index in [-0.39, 0.29) is 0 Å². The Morgan fingerprint density at radius 3 is 2.52 bits per heavy atom. The molecule has 0 saturated heterocycles. The summed E-state index contributed by atoms with van der Waals surface area (Å²) in [5, 5.41) is 7.71. The van der Waals surface area contributed by atoms with Crippen molar-refractivity contribution in [1.29, 1.82) is 0 Å². The number of nitrogens with zero attached hydrogens (tertiary/aromatic N) is 2. The number of aromatic nitrogens is 1. The van der Waals surface area contributed by atoms with Gasteiger partial charge >= 0.3 is 0 Å². The number of guanidine groups is 1. The Morgan fingerprint density at radius 2 is 1.76 bits per heavy atom. The summed E-state index contributed by atoms with van der Waals surface area (Å²) in [6.45, 7) is 1.06. The molecule has 0 radical (unpaired) electrons. The van der Waals surface area contributed by atoms with Crippen LogP contribution < -0.4 is 10.6 Å². The Kier molecular flexibility index (Phi) is 6.56. The summed E-state index contributed by atoms with van der Waals surface area (Å²) < 4.78 is 26.3. The average Bonchev–Trinajstić information content (AvgIpc) is 3.13. The maximum Gasteiger partial charge on any atom is 0.242 e. The molecule has 3 N–H and O–H groups in total. The summed E-state index contributed by atoms with van der Waals surface area (Å²) in [7, 11) is 1.26. The molecule has 0 bridgehead atoms. The molecule has 0 aliphatic carbocycles. The van der Waals surface area contributed by atoms with E-state index in [1.54, 1.807) is 19.2 Å². The highest BCUT2D eigenvalue weighted by Gasteiger charge is 2.20. The third-order valence-electron chi connectivity index (χ3n) is 4.76. The van der Waals surface area contributed by atoms with Gasteiger partial charge in [-0.25, -0.2) is 12.7 Å². The zero-order valence-corrected chi connectivity index (χ0v) is 17.8. The summed E-state index contributed by atoms with van der Waals surface area (Å²) in [6.07, 6.45) is 2.88. The van der Waals surface area contributed by atoms with Gasteiger partial charge in [-0.1, -0.05) is 36.4 Å². The van der Waals surface area contributed by atoms with Crippen molar-refractivity contribution in [2.45, 2.75) is 17.9 Å². The maximum absolute atomic E-state index is 12.5. The largest absolute Gasteiger partial charge is 0.361 e. The summed E-state index contributed by atoms with van der Waals surface area (Å²) in [5.74, 6) is 0.627. The number of para-hydroxylation sites is 1. The van der Waals surface area contributed by atoms with E-state index in [2.05, 4.69) is 32.7 Å². The molecule has 29 heavy (non-hydrogen) atoms. The minimum Gasteiger partial charge on any atom is -0.361 e. The van der Waals surface area contributed by atoms with Crippen molar-refractivity contribution < 1.29 is 8.42 Å². The first-order valence-corrected chi connectivity index (χ1v) is 10.9. The van der Waals surface area contributed by atoms with Gasteiger partial charge in [0, 0.05) is 51.3 Å². The van der Waals surface area contributed by atoms with E-state index in [0.717, 1.165) is 11.9 Å². The molecule has 0 amide bonds. The molecule has 1 heterocycles. The Labute approximate surface area is 171 Å². The van der Waals surface area contributed by atoms with Crippen molar-refractivity contribution in [3.8, 4) is 0 Å². The number of nitrogens with one attached hydrogen (secondary N) is 3. The third-order valence-corrected chi connectivity index (χ3v) is 6.68. The van der Waals surface area contributed by atoms with Crippen LogP contribution in [0.3, 0.4) is 0 Å². The van der Waals surface area contributed by atoms with Crippen molar-refractivity contribution in [2.24, 2.45) is 4.99 Å². The molecule has 7 nitrogen and oxygen atoms in total. The lowest BCUT2D eigenvalue weighted by Gasteiger charge is -2.17. The van der Waals surface area contributed by atoms with Gasteiger partial charge in [0.1, 0.15) is 0 Å². The smallest absolute Gasteiger partial charge is 0.242 e. The van der Waals surface area contributed by atoms with Crippen molar-refractivity contribution in [3.05, 3.63) is 65.9 Å². The quantitative estimate of drug-likeness (QED) is 0.410. The molecule has 0 unspecified atom stereocenters.